The molecule has 1 aliphatic heterocycles. The molecule has 1 aromatic rings. The highest BCUT2D eigenvalue weighted by Crippen LogP contribution is 2.35. The summed E-state index contributed by atoms with van der Waals surface area (Å²) in [5.41, 5.74) is 4.00. The maximum Gasteiger partial charge on any atom is 0.0434 e. The van der Waals surface area contributed by atoms with Crippen LogP contribution in [-0.4, -0.2) is 6.54 Å². The fourth-order valence-corrected chi connectivity index (χ4v) is 3.13. The lowest BCUT2D eigenvalue weighted by Gasteiger charge is -2.18. The summed E-state index contributed by atoms with van der Waals surface area (Å²) in [6, 6.07) is 6.16. The summed E-state index contributed by atoms with van der Waals surface area (Å²) in [7, 11) is 0. The number of anilines is 1. The molecule has 1 fully saturated rings. The average molecular weight is 248 g/mol. The second-order valence-corrected chi connectivity index (χ2v) is 5.57. The molecule has 0 unspecified atom stereocenters. The second kappa shape index (κ2) is 4.73. The number of halogens is 1. The topological polar surface area (TPSA) is 12.0 Å². The first-order chi connectivity index (χ1) is 8.33. The molecule has 1 heterocycles. The largest absolute Gasteiger partial charge is 0.380 e. The number of benzene rings is 1. The molecule has 90 valence electrons. The van der Waals surface area contributed by atoms with Gasteiger partial charge in [-0.3, -0.25) is 0 Å². The van der Waals surface area contributed by atoms with E-state index in [1.54, 1.807) is 0 Å². The molecule has 0 saturated heterocycles. The van der Waals surface area contributed by atoms with Crippen molar-refractivity contribution in [3.63, 3.8) is 0 Å². The third kappa shape index (κ3) is 2.35. The third-order valence-corrected chi connectivity index (χ3v) is 4.12. The molecule has 1 aromatic carbocycles. The first kappa shape index (κ1) is 11.2. The summed E-state index contributed by atoms with van der Waals surface area (Å²) in [5, 5.41) is 4.24. The zero-order valence-electron chi connectivity index (χ0n) is 10.0. The lowest BCUT2D eigenvalue weighted by atomic mass is 9.87. The molecule has 2 heteroatoms. The molecule has 2 aliphatic rings. The van der Waals surface area contributed by atoms with E-state index in [0.29, 0.717) is 0 Å². The normalized spacial score (nSPS) is 22.5. The second-order valence-electron chi connectivity index (χ2n) is 5.13. The van der Waals surface area contributed by atoms with Gasteiger partial charge in [-0.15, -0.1) is 0 Å². The van der Waals surface area contributed by atoms with E-state index in [0.717, 1.165) is 17.5 Å². The molecule has 3 rings (SSSR count). The Morgan fingerprint density at radius 1 is 1.18 bits per heavy atom. The van der Waals surface area contributed by atoms with E-state index in [-0.39, 0.29) is 0 Å². The Bertz CT molecular complexity index is 444. The zero-order valence-corrected chi connectivity index (χ0v) is 10.8. The molecule has 1 nitrogen and oxygen atoms in total. The molecule has 0 bridgehead atoms. The van der Waals surface area contributed by atoms with Crippen LogP contribution in [-0.2, 0) is 0 Å². The summed E-state index contributed by atoms with van der Waals surface area (Å²) in [6.45, 7) is 0.964. The first-order valence-electron chi connectivity index (χ1n) is 6.57. The number of rotatable bonds is 1. The van der Waals surface area contributed by atoms with Crippen molar-refractivity contribution in [3.8, 4) is 0 Å². The van der Waals surface area contributed by atoms with Gasteiger partial charge in [0.25, 0.3) is 0 Å². The molecule has 1 aliphatic carbocycles. The predicted molar refractivity (Wildman–Crippen MR) is 74.5 cm³/mol. The quantitative estimate of drug-likeness (QED) is 0.757. The van der Waals surface area contributed by atoms with Gasteiger partial charge >= 0.3 is 0 Å². The van der Waals surface area contributed by atoms with E-state index < -0.39 is 0 Å². The van der Waals surface area contributed by atoms with Gasteiger partial charge in [0, 0.05) is 22.8 Å². The number of nitrogens with one attached hydrogen (secondary N) is 1. The summed E-state index contributed by atoms with van der Waals surface area (Å²) < 4.78 is 0. The van der Waals surface area contributed by atoms with E-state index in [1.165, 1.54) is 48.9 Å². The smallest absolute Gasteiger partial charge is 0.0434 e. The van der Waals surface area contributed by atoms with Crippen molar-refractivity contribution < 1.29 is 0 Å². The molecular formula is C15H18ClN. The van der Waals surface area contributed by atoms with Crippen LogP contribution in [0.1, 0.15) is 37.7 Å². The van der Waals surface area contributed by atoms with Crippen LogP contribution in [0, 0.1) is 5.92 Å². The Morgan fingerprint density at radius 3 is 2.82 bits per heavy atom. The number of fused-ring (bicyclic) bond motifs is 1. The summed E-state index contributed by atoms with van der Waals surface area (Å²) >= 11 is 6.00. The maximum absolute atomic E-state index is 6.00. The van der Waals surface area contributed by atoms with Gasteiger partial charge in [0.15, 0.2) is 0 Å². The van der Waals surface area contributed by atoms with Crippen LogP contribution in [0.2, 0.25) is 5.02 Å². The van der Waals surface area contributed by atoms with E-state index in [2.05, 4.69) is 17.5 Å². The van der Waals surface area contributed by atoms with E-state index in [9.17, 15) is 0 Å². The monoisotopic (exact) mass is 247 g/mol. The number of hydrogen-bond donors (Lipinski definition) is 1. The zero-order chi connectivity index (χ0) is 11.7. The first-order valence-corrected chi connectivity index (χ1v) is 6.95. The highest BCUT2D eigenvalue weighted by atomic mass is 35.5. The minimum atomic E-state index is 0.794. The molecule has 0 spiro atoms. The molecular weight excluding hydrogens is 230 g/mol. The molecule has 0 aromatic heterocycles. The average Bonchev–Trinajstić information content (AvgIpc) is 2.73. The Kier molecular flexibility index (Phi) is 3.11. The van der Waals surface area contributed by atoms with Crippen molar-refractivity contribution in [2.24, 2.45) is 5.92 Å². The van der Waals surface area contributed by atoms with Gasteiger partial charge in [-0.25, -0.2) is 0 Å². The van der Waals surface area contributed by atoms with Gasteiger partial charge in [0.1, 0.15) is 0 Å². The van der Waals surface area contributed by atoms with Gasteiger partial charge in [-0.2, -0.15) is 0 Å². The Hall–Kier alpha value is -0.950. The molecule has 17 heavy (non-hydrogen) atoms. The minimum Gasteiger partial charge on any atom is -0.380 e. The standard InChI is InChI=1S/C15H18ClN/c16-13-6-7-14-12(10-17-15(14)9-13)8-11-4-2-1-3-5-11/h6-9,11,17H,1-5,10H2/b12-8+. The number of allylic oxidation sites excluding steroid dienone is 1. The van der Waals surface area contributed by atoms with Crippen molar-refractivity contribution >= 4 is 22.9 Å². The van der Waals surface area contributed by atoms with Crippen molar-refractivity contribution in [2.45, 2.75) is 32.1 Å². The predicted octanol–water partition coefficient (Wildman–Crippen LogP) is 4.73. The van der Waals surface area contributed by atoms with Crippen molar-refractivity contribution in [2.75, 3.05) is 11.9 Å². The van der Waals surface area contributed by atoms with Crippen LogP contribution >= 0.6 is 11.6 Å². The molecule has 1 N–H and O–H groups in total. The van der Waals surface area contributed by atoms with Crippen LogP contribution in [0.3, 0.4) is 0 Å². The van der Waals surface area contributed by atoms with Crippen molar-refractivity contribution in [3.05, 3.63) is 34.9 Å². The summed E-state index contributed by atoms with van der Waals surface area (Å²) in [4.78, 5) is 0. The summed E-state index contributed by atoms with van der Waals surface area (Å²) in [6.07, 6.45) is 9.44. The number of hydrogen-bond acceptors (Lipinski definition) is 1. The third-order valence-electron chi connectivity index (χ3n) is 3.88. The molecule has 0 radical (unpaired) electrons. The van der Waals surface area contributed by atoms with E-state index in [4.69, 9.17) is 11.6 Å². The minimum absolute atomic E-state index is 0.794. The van der Waals surface area contributed by atoms with Crippen LogP contribution in [0.4, 0.5) is 5.69 Å². The summed E-state index contributed by atoms with van der Waals surface area (Å²) in [5.74, 6) is 0.794. The van der Waals surface area contributed by atoms with Gasteiger partial charge in [0.05, 0.1) is 0 Å². The lowest BCUT2D eigenvalue weighted by molar-refractivity contribution is 0.420. The maximum atomic E-state index is 6.00. The van der Waals surface area contributed by atoms with Crippen LogP contribution < -0.4 is 5.32 Å². The van der Waals surface area contributed by atoms with Gasteiger partial charge in [-0.1, -0.05) is 43.0 Å². The van der Waals surface area contributed by atoms with Crippen molar-refractivity contribution in [1.29, 1.82) is 0 Å². The van der Waals surface area contributed by atoms with Crippen LogP contribution in [0.5, 0.6) is 0 Å². The SMILES string of the molecule is Clc1ccc2c(c1)NC/C2=C\C1CCCCC1. The van der Waals surface area contributed by atoms with Crippen LogP contribution in [0.15, 0.2) is 24.3 Å². The molecule has 0 amide bonds. The fraction of sp³-hybridized carbons (Fsp3) is 0.467. The Morgan fingerprint density at radius 2 is 2.00 bits per heavy atom. The molecule has 1 saturated carbocycles. The van der Waals surface area contributed by atoms with Gasteiger partial charge in [0.2, 0.25) is 0 Å². The highest BCUT2D eigenvalue weighted by molar-refractivity contribution is 6.31. The highest BCUT2D eigenvalue weighted by Gasteiger charge is 2.18. The van der Waals surface area contributed by atoms with Gasteiger partial charge in [-0.05, 0) is 36.5 Å². The van der Waals surface area contributed by atoms with Gasteiger partial charge < -0.3 is 5.32 Å². The fourth-order valence-electron chi connectivity index (χ4n) is 2.96. The van der Waals surface area contributed by atoms with E-state index in [1.807, 2.05) is 12.1 Å². The van der Waals surface area contributed by atoms with E-state index >= 15 is 0 Å². The van der Waals surface area contributed by atoms with Crippen molar-refractivity contribution in [1.82, 2.24) is 0 Å². The molecule has 0 atom stereocenters. The Balaban J connectivity index is 1.84. The van der Waals surface area contributed by atoms with Crippen LogP contribution in [0.25, 0.3) is 5.57 Å². The Labute approximate surface area is 108 Å². The lowest BCUT2D eigenvalue weighted by Crippen LogP contribution is -2.04.